The van der Waals surface area contributed by atoms with Gasteiger partial charge in [0.1, 0.15) is 0 Å². The molecular formula is C17H17F6IN4. The van der Waals surface area contributed by atoms with Gasteiger partial charge in [0.05, 0.1) is 0 Å². The number of rotatable bonds is 2. The summed E-state index contributed by atoms with van der Waals surface area (Å²) < 4.78 is 79.6. The van der Waals surface area contributed by atoms with E-state index in [-0.39, 0.29) is 13.7 Å². The van der Waals surface area contributed by atoms with Crippen molar-refractivity contribution >= 4 is 19.8 Å². The standard InChI is InChI=1S/C17H17F6IN4/c18-9-4-11(20)12(5-10(9)19)24-2-1-8(3-15(24)25)28-6-13-14(7-28)27-16(26-13)17(21,22)23/h4-5,8,15H,1-3,6-7,25H2,(H,26,27)/t8-,15?/m0/s1. The van der Waals surface area contributed by atoms with Crippen molar-refractivity contribution in [1.82, 2.24) is 14.9 Å². The van der Waals surface area contributed by atoms with Gasteiger partial charge in [0.2, 0.25) is 0 Å². The van der Waals surface area contributed by atoms with Gasteiger partial charge in [-0.3, -0.25) is 0 Å². The Balaban J connectivity index is 1.44. The minimum absolute atomic E-state index is 0.0360. The Morgan fingerprint density at radius 2 is 1.82 bits per heavy atom. The van der Waals surface area contributed by atoms with E-state index in [0.717, 1.165) is 6.07 Å². The quantitative estimate of drug-likeness (QED) is 0.208. The summed E-state index contributed by atoms with van der Waals surface area (Å²) in [6.45, 7) is 0.622. The van der Waals surface area contributed by atoms with Crippen LogP contribution in [0.5, 0.6) is 0 Å². The third kappa shape index (κ3) is 3.63. The zero-order valence-corrected chi connectivity index (χ0v) is 16.6. The Kier molecular flexibility index (Phi) is 5.11. The molecule has 2 atom stereocenters. The summed E-state index contributed by atoms with van der Waals surface area (Å²) in [7, 11) is 0. The van der Waals surface area contributed by atoms with Gasteiger partial charge >= 0.3 is 164 Å². The van der Waals surface area contributed by atoms with Gasteiger partial charge in [-0.1, -0.05) is 0 Å². The van der Waals surface area contributed by atoms with Crippen molar-refractivity contribution in [3.8, 4) is 0 Å². The summed E-state index contributed by atoms with van der Waals surface area (Å²) in [5.41, 5.74) is 7.11. The Labute approximate surface area is 163 Å². The van der Waals surface area contributed by atoms with Gasteiger partial charge in [-0.25, -0.2) is 0 Å². The van der Waals surface area contributed by atoms with Crippen LogP contribution in [0.25, 0.3) is 0 Å². The molecule has 0 amide bonds. The Bertz CT molecular complexity index is 875. The average molecular weight is 518 g/mol. The summed E-state index contributed by atoms with van der Waals surface area (Å²) in [6.07, 6.45) is -3.27. The average Bonchev–Trinajstić information content (AvgIpc) is 3.17. The fourth-order valence-corrected chi connectivity index (χ4v) is 10.0. The number of H-pyrrole nitrogens is 1. The van der Waals surface area contributed by atoms with Gasteiger partial charge in [0, 0.05) is 0 Å². The van der Waals surface area contributed by atoms with Crippen molar-refractivity contribution in [3.05, 3.63) is 50.4 Å². The van der Waals surface area contributed by atoms with Crippen molar-refractivity contribution in [2.75, 3.05) is 4.43 Å². The molecule has 28 heavy (non-hydrogen) atoms. The van der Waals surface area contributed by atoms with E-state index in [9.17, 15) is 26.3 Å². The minimum atomic E-state index is -4.50. The molecule has 0 aliphatic carbocycles. The van der Waals surface area contributed by atoms with Crippen molar-refractivity contribution in [1.29, 1.82) is 0 Å². The van der Waals surface area contributed by atoms with Crippen LogP contribution in [0.2, 0.25) is 0 Å². The second-order valence-corrected chi connectivity index (χ2v) is 13.0. The van der Waals surface area contributed by atoms with Crippen LogP contribution in [0.4, 0.5) is 26.3 Å². The molecule has 1 aromatic carbocycles. The van der Waals surface area contributed by atoms with E-state index in [1.54, 1.807) is 0 Å². The number of hydrogen-bond donors (Lipinski definition) is 2. The van der Waals surface area contributed by atoms with E-state index in [1.807, 2.05) is 4.90 Å². The Morgan fingerprint density at radius 3 is 2.46 bits per heavy atom. The number of imidazole rings is 1. The first-order chi connectivity index (χ1) is 13.1. The molecular weight excluding hydrogens is 501 g/mol. The van der Waals surface area contributed by atoms with E-state index < -0.39 is 49.3 Å². The Morgan fingerprint density at radius 1 is 1.11 bits per heavy atom. The molecule has 0 bridgehead atoms. The topological polar surface area (TPSA) is 57.9 Å². The summed E-state index contributed by atoms with van der Waals surface area (Å²) >= 11 is -2.25. The number of hydrogen-bond acceptors (Lipinski definition) is 3. The molecule has 1 saturated heterocycles. The Hall–Kier alpha value is -1.34. The summed E-state index contributed by atoms with van der Waals surface area (Å²) in [5.74, 6) is -4.03. The van der Waals surface area contributed by atoms with Crippen LogP contribution < -0.4 is 5.73 Å². The first-order valence-corrected chi connectivity index (χ1v) is 12.4. The summed E-state index contributed by atoms with van der Waals surface area (Å²) in [4.78, 5) is 8.01. The van der Waals surface area contributed by atoms with Gasteiger partial charge in [0.15, 0.2) is 0 Å². The van der Waals surface area contributed by atoms with Crippen molar-refractivity contribution in [2.24, 2.45) is 5.73 Å². The number of nitrogens with two attached hydrogens (primary N) is 1. The molecule has 4 rings (SSSR count). The number of halogens is 7. The third-order valence-electron chi connectivity index (χ3n) is 5.07. The van der Waals surface area contributed by atoms with Crippen LogP contribution in [0.15, 0.2) is 12.1 Å². The van der Waals surface area contributed by atoms with Gasteiger partial charge in [-0.05, 0) is 0 Å². The molecule has 0 spiro atoms. The molecule has 1 aromatic heterocycles. The van der Waals surface area contributed by atoms with Crippen LogP contribution in [-0.4, -0.2) is 29.4 Å². The van der Waals surface area contributed by atoms with Crippen LogP contribution in [0, 0.1) is 21.0 Å². The molecule has 2 aliphatic heterocycles. The first-order valence-electron chi connectivity index (χ1n) is 8.57. The molecule has 3 heterocycles. The van der Waals surface area contributed by atoms with Gasteiger partial charge in [0.25, 0.3) is 0 Å². The van der Waals surface area contributed by atoms with Gasteiger partial charge in [-0.2, -0.15) is 0 Å². The number of nitrogens with one attached hydrogen (secondary N) is 1. The fraction of sp³-hybridized carbons (Fsp3) is 0.471. The molecule has 4 nitrogen and oxygen atoms in total. The van der Waals surface area contributed by atoms with Crippen molar-refractivity contribution < 1.29 is 26.3 Å². The molecule has 11 heteroatoms. The molecule has 0 radical (unpaired) electrons. The van der Waals surface area contributed by atoms with E-state index in [0.29, 0.717) is 47.8 Å². The number of nitrogens with zero attached hydrogens (tertiary/aromatic N) is 2. The molecule has 1 fully saturated rings. The van der Waals surface area contributed by atoms with E-state index >= 15 is 0 Å². The number of alkyl halides is 5. The zero-order chi connectivity index (χ0) is 20.2. The molecule has 3 N–H and O–H groups in total. The normalized spacial score (nSPS) is 24.6. The van der Waals surface area contributed by atoms with E-state index in [4.69, 9.17) is 5.73 Å². The molecule has 0 saturated carbocycles. The first kappa shape index (κ1) is 20.0. The predicted molar refractivity (Wildman–Crippen MR) is 97.7 cm³/mol. The number of benzene rings is 1. The molecule has 2 aromatic rings. The van der Waals surface area contributed by atoms with Crippen LogP contribution in [0.1, 0.15) is 30.1 Å². The van der Waals surface area contributed by atoms with Crippen molar-refractivity contribution in [2.45, 2.75) is 42.2 Å². The maximum absolute atomic E-state index is 14.1. The summed E-state index contributed by atoms with van der Waals surface area (Å²) in [6, 6.07) is 1.53. The van der Waals surface area contributed by atoms with Crippen LogP contribution in [0.3, 0.4) is 0 Å². The van der Waals surface area contributed by atoms with Crippen molar-refractivity contribution in [3.63, 3.8) is 0 Å². The molecule has 1 unspecified atom stereocenters. The second kappa shape index (κ2) is 7.17. The predicted octanol–water partition coefficient (Wildman–Crippen LogP) is 3.98. The second-order valence-electron chi connectivity index (χ2n) is 6.87. The summed E-state index contributed by atoms with van der Waals surface area (Å²) in [5, 5.41) is 0. The zero-order valence-electron chi connectivity index (χ0n) is 14.5. The van der Waals surface area contributed by atoms with Gasteiger partial charge < -0.3 is 0 Å². The SMILES string of the molecule is NC1C[C@@H](N2Cc3nc(C(F)(F)F)[nH]c3C2)CCI1c1cc(F)c(F)cc1F. The molecule has 2 aliphatic rings. The monoisotopic (exact) mass is 518 g/mol. The van der Waals surface area contributed by atoms with Crippen LogP contribution >= 0.6 is 19.8 Å². The molecule has 154 valence electrons. The number of aromatic nitrogens is 2. The number of aromatic amines is 1. The van der Waals surface area contributed by atoms with Crippen LogP contribution in [-0.2, 0) is 19.3 Å². The fourth-order valence-electron chi connectivity index (χ4n) is 3.69. The third-order valence-corrected chi connectivity index (χ3v) is 11.6. The van der Waals surface area contributed by atoms with E-state index in [1.165, 1.54) is 0 Å². The van der Waals surface area contributed by atoms with Gasteiger partial charge in [-0.15, -0.1) is 0 Å². The number of fused-ring (bicyclic) bond motifs is 1. The maximum atomic E-state index is 14.1. The van der Waals surface area contributed by atoms with E-state index in [2.05, 4.69) is 9.97 Å².